The van der Waals surface area contributed by atoms with E-state index in [-0.39, 0.29) is 12.1 Å². The summed E-state index contributed by atoms with van der Waals surface area (Å²) in [6.07, 6.45) is 0.990. The first-order valence-electron chi connectivity index (χ1n) is 6.83. The lowest BCUT2D eigenvalue weighted by atomic mass is 9.93. The highest BCUT2D eigenvalue weighted by Crippen LogP contribution is 2.17. The van der Waals surface area contributed by atoms with Crippen LogP contribution >= 0.6 is 0 Å². The fraction of sp³-hybridized carbons (Fsp3) is 0.625. The minimum Gasteiger partial charge on any atom is -0.380 e. The predicted molar refractivity (Wildman–Crippen MR) is 77.8 cm³/mol. The molecule has 0 radical (unpaired) electrons. The van der Waals surface area contributed by atoms with Crippen LogP contribution in [0.25, 0.3) is 0 Å². The maximum absolute atomic E-state index is 6.23. The van der Waals surface area contributed by atoms with Crippen molar-refractivity contribution >= 4 is 0 Å². The molecule has 2 atom stereocenters. The monoisotopic (exact) mass is 249 g/mol. The third kappa shape index (κ3) is 4.11. The molecule has 0 saturated carbocycles. The van der Waals surface area contributed by atoms with Gasteiger partial charge in [-0.1, -0.05) is 52.0 Å². The molecule has 0 heterocycles. The Morgan fingerprint density at radius 2 is 1.61 bits per heavy atom. The van der Waals surface area contributed by atoms with Gasteiger partial charge in [0.25, 0.3) is 0 Å². The Bertz CT molecular complexity index is 343. The van der Waals surface area contributed by atoms with Crippen LogP contribution in [-0.4, -0.2) is 19.3 Å². The van der Waals surface area contributed by atoms with E-state index in [1.165, 1.54) is 11.1 Å². The van der Waals surface area contributed by atoms with Crippen LogP contribution in [0.3, 0.4) is 0 Å². The van der Waals surface area contributed by atoms with Crippen LogP contribution in [0, 0.1) is 5.92 Å². The van der Waals surface area contributed by atoms with E-state index in [0.717, 1.165) is 6.42 Å². The van der Waals surface area contributed by atoms with Gasteiger partial charge in [-0.25, -0.2) is 0 Å². The van der Waals surface area contributed by atoms with Gasteiger partial charge in [-0.3, -0.25) is 0 Å². The summed E-state index contributed by atoms with van der Waals surface area (Å²) >= 11 is 0. The Kier molecular flexibility index (Phi) is 5.83. The minimum absolute atomic E-state index is 0.0555. The second kappa shape index (κ2) is 6.91. The van der Waals surface area contributed by atoms with E-state index in [2.05, 4.69) is 52.0 Å². The molecule has 0 aromatic heterocycles. The number of nitrogens with two attached hydrogens (primary N) is 1. The average molecular weight is 249 g/mol. The smallest absolute Gasteiger partial charge is 0.0748 e. The van der Waals surface area contributed by atoms with Gasteiger partial charge in [0.05, 0.1) is 6.10 Å². The summed E-state index contributed by atoms with van der Waals surface area (Å²) in [6.45, 7) is 8.71. The van der Waals surface area contributed by atoms with Crippen LogP contribution in [-0.2, 0) is 11.2 Å². The standard InChI is InChI=1S/C16H27NO/c1-11(2)14-8-6-13(7-9-14)10-15(17)16(18-5)12(3)4/h6-9,11-12,15-16H,10,17H2,1-5H3. The van der Waals surface area contributed by atoms with Gasteiger partial charge in [0, 0.05) is 13.2 Å². The molecule has 1 rings (SSSR count). The van der Waals surface area contributed by atoms with E-state index in [9.17, 15) is 0 Å². The molecule has 18 heavy (non-hydrogen) atoms. The Morgan fingerprint density at radius 1 is 1.06 bits per heavy atom. The fourth-order valence-electron chi connectivity index (χ4n) is 2.37. The van der Waals surface area contributed by atoms with E-state index < -0.39 is 0 Å². The highest BCUT2D eigenvalue weighted by molar-refractivity contribution is 5.25. The van der Waals surface area contributed by atoms with Gasteiger partial charge in [0.15, 0.2) is 0 Å². The molecule has 2 N–H and O–H groups in total. The summed E-state index contributed by atoms with van der Waals surface area (Å²) in [6, 6.07) is 8.82. The molecule has 0 spiro atoms. The molecule has 0 aliphatic rings. The zero-order valence-corrected chi connectivity index (χ0v) is 12.3. The lowest BCUT2D eigenvalue weighted by Gasteiger charge is -2.26. The summed E-state index contributed by atoms with van der Waals surface area (Å²) in [5.41, 5.74) is 8.90. The quantitative estimate of drug-likeness (QED) is 0.839. The van der Waals surface area contributed by atoms with Crippen LogP contribution in [0.15, 0.2) is 24.3 Å². The summed E-state index contributed by atoms with van der Waals surface area (Å²) in [5, 5.41) is 0. The Hall–Kier alpha value is -0.860. The number of methoxy groups -OCH3 is 1. The number of benzene rings is 1. The molecule has 1 aromatic rings. The van der Waals surface area contributed by atoms with Crippen molar-refractivity contribution in [1.29, 1.82) is 0 Å². The average Bonchev–Trinajstić information content (AvgIpc) is 2.29. The zero-order valence-electron chi connectivity index (χ0n) is 12.3. The second-order valence-electron chi connectivity index (χ2n) is 5.71. The van der Waals surface area contributed by atoms with Gasteiger partial charge < -0.3 is 10.5 Å². The van der Waals surface area contributed by atoms with Crippen molar-refractivity contribution in [1.82, 2.24) is 0 Å². The van der Waals surface area contributed by atoms with E-state index in [0.29, 0.717) is 11.8 Å². The number of rotatable bonds is 6. The fourth-order valence-corrected chi connectivity index (χ4v) is 2.37. The Labute approximate surface area is 112 Å². The van der Waals surface area contributed by atoms with Gasteiger partial charge in [-0.05, 0) is 29.4 Å². The molecular formula is C16H27NO. The van der Waals surface area contributed by atoms with Gasteiger partial charge in [-0.2, -0.15) is 0 Å². The minimum atomic E-state index is 0.0555. The maximum atomic E-state index is 6.23. The van der Waals surface area contributed by atoms with Crippen LogP contribution in [0.5, 0.6) is 0 Å². The van der Waals surface area contributed by atoms with E-state index >= 15 is 0 Å². The third-order valence-corrected chi connectivity index (χ3v) is 3.47. The van der Waals surface area contributed by atoms with Crippen LogP contribution < -0.4 is 5.73 Å². The van der Waals surface area contributed by atoms with E-state index in [1.807, 2.05) is 0 Å². The molecule has 0 aliphatic carbocycles. The lowest BCUT2D eigenvalue weighted by molar-refractivity contribution is 0.0441. The van der Waals surface area contributed by atoms with Crippen molar-refractivity contribution in [3.63, 3.8) is 0 Å². The molecule has 0 bridgehead atoms. The van der Waals surface area contributed by atoms with Crippen molar-refractivity contribution in [3.05, 3.63) is 35.4 Å². The van der Waals surface area contributed by atoms with Crippen LogP contribution in [0.4, 0.5) is 0 Å². The molecule has 0 fully saturated rings. The molecule has 2 nitrogen and oxygen atoms in total. The molecule has 1 aromatic carbocycles. The summed E-state index contributed by atoms with van der Waals surface area (Å²) in [5.74, 6) is 1.02. The van der Waals surface area contributed by atoms with Crippen LogP contribution in [0.1, 0.15) is 44.7 Å². The summed E-state index contributed by atoms with van der Waals surface area (Å²) in [4.78, 5) is 0. The highest BCUT2D eigenvalue weighted by Gasteiger charge is 2.20. The molecule has 0 amide bonds. The maximum Gasteiger partial charge on any atom is 0.0748 e. The van der Waals surface area contributed by atoms with Crippen molar-refractivity contribution < 1.29 is 4.74 Å². The molecule has 2 unspecified atom stereocenters. The van der Waals surface area contributed by atoms with Gasteiger partial charge in [0.2, 0.25) is 0 Å². The first kappa shape index (κ1) is 15.2. The van der Waals surface area contributed by atoms with Crippen molar-refractivity contribution in [2.24, 2.45) is 11.7 Å². The Morgan fingerprint density at radius 3 is 2.00 bits per heavy atom. The van der Waals surface area contributed by atoms with Gasteiger partial charge in [0.1, 0.15) is 0 Å². The van der Waals surface area contributed by atoms with Gasteiger partial charge in [-0.15, -0.1) is 0 Å². The Balaban J connectivity index is 2.66. The lowest BCUT2D eigenvalue weighted by Crippen LogP contribution is -2.41. The third-order valence-electron chi connectivity index (χ3n) is 3.47. The topological polar surface area (TPSA) is 35.2 Å². The zero-order chi connectivity index (χ0) is 13.7. The number of ether oxygens (including phenoxy) is 1. The molecule has 0 saturated heterocycles. The predicted octanol–water partition coefficient (Wildman–Crippen LogP) is 3.35. The second-order valence-corrected chi connectivity index (χ2v) is 5.71. The van der Waals surface area contributed by atoms with E-state index in [4.69, 9.17) is 10.5 Å². The first-order chi connectivity index (χ1) is 8.45. The summed E-state index contributed by atoms with van der Waals surface area (Å²) in [7, 11) is 1.74. The number of hydrogen-bond donors (Lipinski definition) is 1. The normalized spacial score (nSPS) is 15.1. The van der Waals surface area contributed by atoms with Gasteiger partial charge >= 0.3 is 0 Å². The molecule has 0 aliphatic heterocycles. The molecule has 2 heteroatoms. The number of hydrogen-bond acceptors (Lipinski definition) is 2. The van der Waals surface area contributed by atoms with Crippen LogP contribution in [0.2, 0.25) is 0 Å². The van der Waals surface area contributed by atoms with Crippen molar-refractivity contribution in [3.8, 4) is 0 Å². The first-order valence-corrected chi connectivity index (χ1v) is 6.83. The molecular weight excluding hydrogens is 222 g/mol. The van der Waals surface area contributed by atoms with Crippen molar-refractivity contribution in [2.45, 2.75) is 52.2 Å². The van der Waals surface area contributed by atoms with E-state index in [1.54, 1.807) is 7.11 Å². The molecule has 102 valence electrons. The summed E-state index contributed by atoms with van der Waals surface area (Å²) < 4.78 is 5.48. The SMILES string of the molecule is COC(C(C)C)C(N)Cc1ccc(C(C)C)cc1. The highest BCUT2D eigenvalue weighted by atomic mass is 16.5. The largest absolute Gasteiger partial charge is 0.380 e. The van der Waals surface area contributed by atoms with Crippen molar-refractivity contribution in [2.75, 3.05) is 7.11 Å².